The summed E-state index contributed by atoms with van der Waals surface area (Å²) in [7, 11) is 3.78. The van der Waals surface area contributed by atoms with Gasteiger partial charge in [0, 0.05) is 38.5 Å². The zero-order valence-corrected chi connectivity index (χ0v) is 54.9. The molecule has 0 aromatic rings. The van der Waals surface area contributed by atoms with Crippen molar-refractivity contribution in [2.75, 3.05) is 33.7 Å². The standard InChI is InChI=1S/C62H109N11O12/c1-21-39(9)26-27-49(76)73-34-41(11)33-47(73)55(81)66-46(32-40(10)24-23-25-43(74)22-2)53(79)68-50(51(77)38(7)8)56(82)70-61(15,16)58(84)67-44(30-36(3)4)52(78)65-45(31-37(5)6)54(80)69-62(17,18)59(85)71-60(13,14)57(83)63-29-28-48(75)64-42(12)35-72(19)20/h23,25-27,36-42,44-47,50-51,77H,21-22,24,28-35H2,1-20H3,(H,63,83)(H,64,75)(H,65,78)(H,66,81)(H,67,84)(H,68,79)(H,69,80)(H,70,82)(H,71,85)/b25-23+,27-26+/t39-,40?,41?,42?,44?,45?,46?,47?,50?,51?/m1/s1. The summed E-state index contributed by atoms with van der Waals surface area (Å²) >= 11 is 0. The number of carbonyl (C=O) groups is 11. The molecule has 0 bridgehead atoms. The lowest BCUT2D eigenvalue weighted by molar-refractivity contribution is -0.140. The molecule has 0 radical (unpaired) electrons. The lowest BCUT2D eigenvalue weighted by Gasteiger charge is -2.34. The largest absolute Gasteiger partial charge is 0.390 e. The molecule has 0 saturated carbocycles. The Hall–Kier alpha value is -6.23. The fourth-order valence-electron chi connectivity index (χ4n) is 9.37. The summed E-state index contributed by atoms with van der Waals surface area (Å²) in [5.41, 5.74) is -4.89. The van der Waals surface area contributed by atoms with Crippen molar-refractivity contribution in [3.63, 3.8) is 0 Å². The lowest BCUT2D eigenvalue weighted by Crippen LogP contribution is -2.66. The van der Waals surface area contributed by atoms with E-state index in [1.807, 2.05) is 81.3 Å². The van der Waals surface area contributed by atoms with Crippen molar-refractivity contribution in [2.24, 2.45) is 35.5 Å². The van der Waals surface area contributed by atoms with Crippen molar-refractivity contribution in [3.05, 3.63) is 24.3 Å². The van der Waals surface area contributed by atoms with Crippen LogP contribution in [0.4, 0.5) is 0 Å². The molecule has 0 aromatic heterocycles. The van der Waals surface area contributed by atoms with Crippen LogP contribution in [0.2, 0.25) is 0 Å². The zero-order valence-electron chi connectivity index (χ0n) is 54.9. The third-order valence-electron chi connectivity index (χ3n) is 14.7. The van der Waals surface area contributed by atoms with Gasteiger partial charge in [0.05, 0.1) is 6.10 Å². The normalized spacial score (nSPS) is 17.8. The van der Waals surface area contributed by atoms with Gasteiger partial charge in [-0.2, -0.15) is 0 Å². The molecule has 23 heteroatoms. The van der Waals surface area contributed by atoms with Crippen molar-refractivity contribution >= 4 is 64.9 Å². The summed E-state index contributed by atoms with van der Waals surface area (Å²) in [5.74, 6) is -7.69. The number of carbonyl (C=O) groups excluding carboxylic acids is 11. The van der Waals surface area contributed by atoms with Gasteiger partial charge in [-0.25, -0.2) is 0 Å². The van der Waals surface area contributed by atoms with Gasteiger partial charge in [-0.15, -0.1) is 0 Å². The first-order valence-corrected chi connectivity index (χ1v) is 30.4. The highest BCUT2D eigenvalue weighted by Crippen LogP contribution is 2.25. The number of rotatable bonds is 36. The molecular formula is C62H109N11O12. The van der Waals surface area contributed by atoms with Crippen molar-refractivity contribution in [3.8, 4) is 0 Å². The van der Waals surface area contributed by atoms with Crippen LogP contribution in [-0.4, -0.2) is 172 Å². The van der Waals surface area contributed by atoms with Crippen LogP contribution in [0.3, 0.4) is 0 Å². The Balaban J connectivity index is 3.42. The second-order valence-corrected chi connectivity index (χ2v) is 26.6. The van der Waals surface area contributed by atoms with E-state index >= 15 is 0 Å². The van der Waals surface area contributed by atoms with E-state index in [1.54, 1.807) is 32.9 Å². The van der Waals surface area contributed by atoms with Crippen molar-refractivity contribution in [1.82, 2.24) is 57.7 Å². The smallest absolute Gasteiger partial charge is 0.246 e. The first-order chi connectivity index (χ1) is 39.2. The van der Waals surface area contributed by atoms with E-state index in [1.165, 1.54) is 58.6 Å². The third-order valence-corrected chi connectivity index (χ3v) is 14.7. The van der Waals surface area contributed by atoms with E-state index in [2.05, 4.69) is 47.9 Å². The van der Waals surface area contributed by atoms with Crippen LogP contribution >= 0.6 is 0 Å². The van der Waals surface area contributed by atoms with Gasteiger partial charge in [0.25, 0.3) is 0 Å². The molecular weight excluding hydrogens is 1090 g/mol. The number of likely N-dealkylation sites (tertiary alicyclic amines) is 1. The predicted octanol–water partition coefficient (Wildman–Crippen LogP) is 3.08. The van der Waals surface area contributed by atoms with Gasteiger partial charge >= 0.3 is 0 Å². The van der Waals surface area contributed by atoms with Crippen LogP contribution in [0.1, 0.15) is 176 Å². The Morgan fingerprint density at radius 1 is 0.635 bits per heavy atom. The number of hydrogen-bond acceptors (Lipinski definition) is 13. The van der Waals surface area contributed by atoms with Crippen LogP contribution in [0.5, 0.6) is 0 Å². The first kappa shape index (κ1) is 76.8. The van der Waals surface area contributed by atoms with Gasteiger partial charge in [0.15, 0.2) is 5.78 Å². The van der Waals surface area contributed by atoms with Gasteiger partial charge < -0.3 is 62.8 Å². The molecule has 85 heavy (non-hydrogen) atoms. The molecule has 1 aliphatic rings. The number of aliphatic hydroxyl groups is 1. The van der Waals surface area contributed by atoms with E-state index in [9.17, 15) is 57.8 Å². The molecule has 1 heterocycles. The second kappa shape index (κ2) is 35.4. The maximum Gasteiger partial charge on any atom is 0.246 e. The molecule has 1 fully saturated rings. The SMILES string of the molecule is CCC(=O)/C=C/CC(C)CC(NC(=O)C1CC(C)CN1C(=O)/C=C/[C@H](C)CC)C(=O)NC(C(=O)NC(C)(C)C(=O)NC(CC(C)C)C(=O)NC(CC(C)C)C(=O)NC(C)(C)C(=O)NC(C)(C)C(=O)NCCC(=O)NC(C)CN(C)C)C(O)C(C)C. The predicted molar refractivity (Wildman–Crippen MR) is 329 cm³/mol. The summed E-state index contributed by atoms with van der Waals surface area (Å²) in [6.07, 6.45) is 6.99. The van der Waals surface area contributed by atoms with E-state index in [0.717, 1.165) is 6.42 Å². The maximum absolute atomic E-state index is 14.5. The monoisotopic (exact) mass is 1200 g/mol. The summed E-state index contributed by atoms with van der Waals surface area (Å²) in [5, 5.41) is 36.1. The van der Waals surface area contributed by atoms with E-state index in [0.29, 0.717) is 32.4 Å². The molecule has 10 N–H and O–H groups in total. The number of nitrogens with zero attached hydrogens (tertiary/aromatic N) is 2. The molecule has 1 saturated heterocycles. The highest BCUT2D eigenvalue weighted by Gasteiger charge is 2.43. The van der Waals surface area contributed by atoms with Crippen molar-refractivity contribution in [2.45, 2.75) is 235 Å². The fraction of sp³-hybridized carbons (Fsp3) is 0.758. The van der Waals surface area contributed by atoms with Crippen LogP contribution in [0.15, 0.2) is 24.3 Å². The van der Waals surface area contributed by atoms with Gasteiger partial charge in [0.1, 0.15) is 46.8 Å². The van der Waals surface area contributed by atoms with Gasteiger partial charge in [0.2, 0.25) is 59.1 Å². The third kappa shape index (κ3) is 27.3. The van der Waals surface area contributed by atoms with Crippen LogP contribution in [0, 0.1) is 35.5 Å². The summed E-state index contributed by atoms with van der Waals surface area (Å²) in [4.78, 5) is 154. The van der Waals surface area contributed by atoms with Crippen molar-refractivity contribution < 1.29 is 57.8 Å². The summed E-state index contributed by atoms with van der Waals surface area (Å²) in [6, 6.07) is -6.41. The fourth-order valence-corrected chi connectivity index (χ4v) is 9.37. The Labute approximate surface area is 507 Å². The minimum absolute atomic E-state index is 0.0126. The Morgan fingerprint density at radius 2 is 1.16 bits per heavy atom. The molecule has 10 atom stereocenters. The van der Waals surface area contributed by atoms with E-state index < -0.39 is 106 Å². The van der Waals surface area contributed by atoms with Crippen LogP contribution in [0.25, 0.3) is 0 Å². The number of allylic oxidation sites excluding steroid dienone is 3. The van der Waals surface area contributed by atoms with E-state index in [-0.39, 0.29) is 85.5 Å². The molecule has 0 aliphatic carbocycles. The molecule has 1 aliphatic heterocycles. The average Bonchev–Trinajstić information content (AvgIpc) is 3.42. The lowest BCUT2D eigenvalue weighted by atomic mass is 9.94. The Kier molecular flexibility index (Phi) is 32.0. The Bertz CT molecular complexity index is 2350. The van der Waals surface area contributed by atoms with E-state index in [4.69, 9.17) is 0 Å². The molecule has 0 aromatic carbocycles. The minimum Gasteiger partial charge on any atom is -0.390 e. The van der Waals surface area contributed by atoms with Crippen LogP contribution in [-0.2, 0) is 52.7 Å². The number of likely N-dealkylation sites (N-methyl/N-ethyl adjacent to an activating group) is 1. The topological polar surface area (TPSA) is 323 Å². The molecule has 9 unspecified atom stereocenters. The number of hydrogen-bond donors (Lipinski definition) is 10. The van der Waals surface area contributed by atoms with Gasteiger partial charge in [-0.05, 0) is 142 Å². The first-order valence-electron chi connectivity index (χ1n) is 30.4. The highest BCUT2D eigenvalue weighted by molar-refractivity contribution is 6.00. The molecule has 0 spiro atoms. The molecule has 10 amide bonds. The maximum atomic E-state index is 14.5. The number of amides is 10. The summed E-state index contributed by atoms with van der Waals surface area (Å²) in [6.45, 7) is 31.5. The zero-order chi connectivity index (χ0) is 65.5. The second-order valence-electron chi connectivity index (χ2n) is 26.6. The molecule has 484 valence electrons. The Morgan fingerprint density at radius 3 is 1.71 bits per heavy atom. The van der Waals surface area contributed by atoms with Crippen LogP contribution < -0.4 is 47.9 Å². The van der Waals surface area contributed by atoms with Gasteiger partial charge in [-0.1, -0.05) is 94.7 Å². The highest BCUT2D eigenvalue weighted by atomic mass is 16.3. The quantitative estimate of drug-likeness (QED) is 0.0404. The average molecular weight is 1200 g/mol. The minimum atomic E-state index is -1.80. The molecule has 1 rings (SSSR count). The van der Waals surface area contributed by atoms with Crippen molar-refractivity contribution in [1.29, 1.82) is 0 Å². The van der Waals surface area contributed by atoms with Gasteiger partial charge in [-0.3, -0.25) is 52.7 Å². The number of aliphatic hydroxyl groups excluding tert-OH is 1. The summed E-state index contributed by atoms with van der Waals surface area (Å²) < 4.78 is 0. The number of ketones is 1. The molecule has 23 nitrogen and oxygen atoms in total. The number of nitrogens with one attached hydrogen (secondary N) is 9.